The van der Waals surface area contributed by atoms with E-state index >= 15 is 0 Å². The number of nitrogens with two attached hydrogens (primary N) is 1. The highest BCUT2D eigenvalue weighted by Crippen LogP contribution is 2.32. The zero-order valence-corrected chi connectivity index (χ0v) is 20.7. The van der Waals surface area contributed by atoms with E-state index in [-0.39, 0.29) is 0 Å². The summed E-state index contributed by atoms with van der Waals surface area (Å²) in [6, 6.07) is 21.1. The number of hydrogen-bond donors (Lipinski definition) is 2. The summed E-state index contributed by atoms with van der Waals surface area (Å²) in [6.07, 6.45) is -1.90. The van der Waals surface area contributed by atoms with Gasteiger partial charge in [-0.25, -0.2) is 0 Å². The Labute approximate surface area is 218 Å². The fraction of sp³-hybridized carbons (Fsp3) is 0.241. The Balaban J connectivity index is 1.18. The van der Waals surface area contributed by atoms with E-state index in [9.17, 15) is 18.0 Å². The van der Waals surface area contributed by atoms with Crippen molar-refractivity contribution in [2.75, 3.05) is 37.6 Å². The highest BCUT2D eigenvalue weighted by molar-refractivity contribution is 5.93. The van der Waals surface area contributed by atoms with E-state index in [4.69, 9.17) is 5.73 Å². The summed E-state index contributed by atoms with van der Waals surface area (Å²) < 4.78 is 39.2. The number of piperazine rings is 1. The summed E-state index contributed by atoms with van der Waals surface area (Å²) in [5, 5.41) is 0. The second-order valence-corrected chi connectivity index (χ2v) is 9.41. The Bertz CT molecular complexity index is 1420. The van der Waals surface area contributed by atoms with E-state index in [1.54, 1.807) is 24.4 Å². The summed E-state index contributed by atoms with van der Waals surface area (Å²) in [5.74, 6) is -0.495. The zero-order chi connectivity index (χ0) is 26.7. The van der Waals surface area contributed by atoms with Gasteiger partial charge in [-0.15, -0.1) is 0 Å². The number of rotatable bonds is 7. The quantitative estimate of drug-likeness (QED) is 0.351. The van der Waals surface area contributed by atoms with Crippen molar-refractivity contribution in [3.05, 3.63) is 95.7 Å². The molecule has 0 aliphatic carbocycles. The zero-order valence-electron chi connectivity index (χ0n) is 20.7. The maximum atomic E-state index is 13.1. The lowest BCUT2D eigenvalue weighted by molar-refractivity contribution is -0.137. The van der Waals surface area contributed by atoms with E-state index < -0.39 is 17.6 Å². The van der Waals surface area contributed by atoms with Crippen LogP contribution in [-0.2, 0) is 12.6 Å². The largest absolute Gasteiger partial charge is 0.416 e. The van der Waals surface area contributed by atoms with Crippen molar-refractivity contribution in [2.45, 2.75) is 12.6 Å². The number of H-pyrrole nitrogens is 1. The van der Waals surface area contributed by atoms with E-state index in [2.05, 4.69) is 27.0 Å². The van der Waals surface area contributed by atoms with Crippen LogP contribution in [0, 0.1) is 0 Å². The molecule has 3 heterocycles. The Kier molecular flexibility index (Phi) is 7.20. The molecule has 5 rings (SSSR count). The molecule has 6 nitrogen and oxygen atoms in total. The maximum absolute atomic E-state index is 13.1. The van der Waals surface area contributed by atoms with Gasteiger partial charge in [-0.2, -0.15) is 13.2 Å². The van der Waals surface area contributed by atoms with Crippen LogP contribution in [-0.4, -0.2) is 53.5 Å². The molecule has 9 heteroatoms. The van der Waals surface area contributed by atoms with Gasteiger partial charge in [0.1, 0.15) is 0 Å². The minimum atomic E-state index is -4.33. The molecule has 3 N–H and O–H groups in total. The normalized spacial score (nSPS) is 14.6. The van der Waals surface area contributed by atoms with Gasteiger partial charge in [0.2, 0.25) is 5.91 Å². The van der Waals surface area contributed by atoms with E-state index in [0.29, 0.717) is 30.0 Å². The number of anilines is 1. The molecule has 0 radical (unpaired) electrons. The molecule has 4 aromatic rings. The van der Waals surface area contributed by atoms with Crippen LogP contribution in [0.15, 0.2) is 79.0 Å². The second-order valence-electron chi connectivity index (χ2n) is 9.41. The molecule has 1 amide bonds. The number of nitrogens with one attached hydrogen (secondary N) is 1. The number of carbonyl (C=O) groups excluding carboxylic acids is 1. The molecule has 38 heavy (non-hydrogen) atoms. The van der Waals surface area contributed by atoms with E-state index in [1.807, 2.05) is 29.2 Å². The highest BCUT2D eigenvalue weighted by Gasteiger charge is 2.31. The average Bonchev–Trinajstić information content (AvgIpc) is 3.43. The van der Waals surface area contributed by atoms with Crippen LogP contribution in [0.2, 0.25) is 0 Å². The number of alkyl halides is 3. The third-order valence-electron chi connectivity index (χ3n) is 6.87. The van der Waals surface area contributed by atoms with Gasteiger partial charge in [0.15, 0.2) is 0 Å². The summed E-state index contributed by atoms with van der Waals surface area (Å²) in [5.41, 5.74) is 10.4. The van der Waals surface area contributed by atoms with Crippen molar-refractivity contribution < 1.29 is 18.0 Å². The number of halogens is 3. The van der Waals surface area contributed by atoms with E-state index in [1.165, 1.54) is 17.7 Å². The molecule has 0 saturated carbocycles. The van der Waals surface area contributed by atoms with Crippen molar-refractivity contribution in [1.29, 1.82) is 0 Å². The maximum Gasteiger partial charge on any atom is 0.416 e. The van der Waals surface area contributed by atoms with Crippen LogP contribution in [0.3, 0.4) is 0 Å². The molecule has 0 bridgehead atoms. The predicted octanol–water partition coefficient (Wildman–Crippen LogP) is 5.23. The average molecular weight is 520 g/mol. The first-order valence-corrected chi connectivity index (χ1v) is 12.5. The number of aromatic nitrogens is 2. The standard InChI is InChI=1S/C29H28F3N5O/c30-29(31,32)23-5-2-6-24(19-23)37-15-13-36(14-16-37)12-10-20-3-1-4-21(17-20)25-7-8-26(35-25)27-18-22(28(33)38)9-11-34-27/h1-9,11,17-19,35H,10,12-16H2,(H2,33,38). The van der Waals surface area contributed by atoms with Gasteiger partial charge in [0.05, 0.1) is 17.0 Å². The molecule has 0 spiro atoms. The third kappa shape index (κ3) is 5.89. The molecule has 2 aromatic carbocycles. The minimum Gasteiger partial charge on any atom is -0.369 e. The first-order valence-electron chi connectivity index (χ1n) is 12.5. The first-order chi connectivity index (χ1) is 18.3. The topological polar surface area (TPSA) is 78.2 Å². The van der Waals surface area contributed by atoms with Crippen molar-refractivity contribution in [2.24, 2.45) is 5.73 Å². The molecule has 1 aliphatic rings. The lowest BCUT2D eigenvalue weighted by Crippen LogP contribution is -2.47. The first kappa shape index (κ1) is 25.5. The van der Waals surface area contributed by atoms with Crippen molar-refractivity contribution in [3.63, 3.8) is 0 Å². The molecule has 0 unspecified atom stereocenters. The lowest BCUT2D eigenvalue weighted by atomic mass is 10.1. The molecule has 1 saturated heterocycles. The number of carbonyl (C=O) groups is 1. The van der Waals surface area contributed by atoms with Crippen LogP contribution < -0.4 is 10.6 Å². The number of aromatic amines is 1. The molecule has 1 fully saturated rings. The second kappa shape index (κ2) is 10.7. The Hall–Kier alpha value is -4.11. The predicted molar refractivity (Wildman–Crippen MR) is 142 cm³/mol. The Morgan fingerprint density at radius 1 is 0.921 bits per heavy atom. The number of hydrogen-bond acceptors (Lipinski definition) is 4. The highest BCUT2D eigenvalue weighted by atomic mass is 19.4. The van der Waals surface area contributed by atoms with Crippen LogP contribution in [0.4, 0.5) is 18.9 Å². The van der Waals surface area contributed by atoms with Gasteiger partial charge in [0.25, 0.3) is 0 Å². The Morgan fingerprint density at radius 3 is 2.45 bits per heavy atom. The van der Waals surface area contributed by atoms with Gasteiger partial charge >= 0.3 is 6.18 Å². The van der Waals surface area contributed by atoms with Gasteiger partial charge in [0, 0.05) is 55.9 Å². The summed E-state index contributed by atoms with van der Waals surface area (Å²) in [4.78, 5) is 23.6. The van der Waals surface area contributed by atoms with Crippen LogP contribution >= 0.6 is 0 Å². The molecule has 1 aliphatic heterocycles. The van der Waals surface area contributed by atoms with Gasteiger partial charge in [-0.3, -0.25) is 14.7 Å². The molecule has 2 aromatic heterocycles. The molecule has 196 valence electrons. The lowest BCUT2D eigenvalue weighted by Gasteiger charge is -2.36. The number of primary amides is 1. The summed E-state index contributed by atoms with van der Waals surface area (Å²) in [6.45, 7) is 3.86. The molecular weight excluding hydrogens is 491 g/mol. The van der Waals surface area contributed by atoms with Gasteiger partial charge < -0.3 is 15.6 Å². The smallest absolute Gasteiger partial charge is 0.369 e. The molecule has 0 atom stereocenters. The number of pyridine rings is 1. The number of amides is 1. The van der Waals surface area contributed by atoms with Crippen molar-refractivity contribution in [3.8, 4) is 22.6 Å². The van der Waals surface area contributed by atoms with Gasteiger partial charge in [-0.05, 0) is 66.1 Å². The minimum absolute atomic E-state index is 0.406. The van der Waals surface area contributed by atoms with E-state index in [0.717, 1.165) is 49.1 Å². The monoisotopic (exact) mass is 519 g/mol. The fourth-order valence-corrected chi connectivity index (χ4v) is 4.73. The number of benzene rings is 2. The third-order valence-corrected chi connectivity index (χ3v) is 6.87. The summed E-state index contributed by atoms with van der Waals surface area (Å²) >= 11 is 0. The van der Waals surface area contributed by atoms with Crippen molar-refractivity contribution in [1.82, 2.24) is 14.9 Å². The van der Waals surface area contributed by atoms with Crippen molar-refractivity contribution >= 4 is 11.6 Å². The SMILES string of the molecule is NC(=O)c1ccnc(-c2ccc(-c3cccc(CCN4CCN(c5cccc(C(F)(F)F)c5)CC4)c3)[nH]2)c1. The molecular formula is C29H28F3N5O. The van der Waals surface area contributed by atoms with Gasteiger partial charge in [-0.1, -0.05) is 24.3 Å². The fourth-order valence-electron chi connectivity index (χ4n) is 4.73. The summed E-state index contributed by atoms with van der Waals surface area (Å²) in [7, 11) is 0. The van der Waals surface area contributed by atoms with Crippen LogP contribution in [0.1, 0.15) is 21.5 Å². The van der Waals surface area contributed by atoms with Crippen LogP contribution in [0.5, 0.6) is 0 Å². The Morgan fingerprint density at radius 2 is 1.68 bits per heavy atom. The number of nitrogens with zero attached hydrogens (tertiary/aromatic N) is 3. The van der Waals surface area contributed by atoms with Crippen LogP contribution in [0.25, 0.3) is 22.6 Å².